The van der Waals surface area contributed by atoms with Crippen LogP contribution in [0.3, 0.4) is 0 Å². The molecular formula is C31H28F6N2O2. The van der Waals surface area contributed by atoms with E-state index in [1.165, 1.54) is 0 Å². The monoisotopic (exact) mass is 574 g/mol. The SMILES string of the molecule is CC(C)(C)c1cccc(-c2nc3cc(C(c4ccc5oc(C(C)(C)C)nc5c4)(C(F)(F)F)C(F)(F)F)ccc3o2)c1. The number of benzene rings is 3. The zero-order chi connectivity index (χ0) is 30.2. The van der Waals surface area contributed by atoms with Crippen molar-refractivity contribution >= 4 is 22.2 Å². The van der Waals surface area contributed by atoms with E-state index in [0.717, 1.165) is 42.0 Å². The Kier molecular flexibility index (Phi) is 6.36. The predicted octanol–water partition coefficient (Wildman–Crippen LogP) is 9.64. The van der Waals surface area contributed by atoms with Gasteiger partial charge < -0.3 is 8.83 Å². The molecule has 2 heterocycles. The lowest BCUT2D eigenvalue weighted by Gasteiger charge is -2.38. The summed E-state index contributed by atoms with van der Waals surface area (Å²) in [7, 11) is 0. The number of fused-ring (bicyclic) bond motifs is 2. The second-order valence-electron chi connectivity index (χ2n) is 12.2. The lowest BCUT2D eigenvalue weighted by Crippen LogP contribution is -2.54. The van der Waals surface area contributed by atoms with Gasteiger partial charge in [-0.3, -0.25) is 0 Å². The normalized spacial score (nSPS) is 13.9. The standard InChI is InChI=1S/C31H28F6N2O2/c1-27(2,3)18-9-7-8-17(14-18)25-38-21-15-19(10-12-23(21)40-25)29(30(32,33)34,31(35,36)37)20-11-13-24-22(16-20)39-26(41-24)28(4,5)6/h7-16H,1-6H3. The molecule has 5 aromatic rings. The van der Waals surface area contributed by atoms with Crippen molar-refractivity contribution in [1.82, 2.24) is 9.97 Å². The Morgan fingerprint density at radius 2 is 1.10 bits per heavy atom. The highest BCUT2D eigenvalue weighted by molar-refractivity contribution is 5.79. The van der Waals surface area contributed by atoms with E-state index < -0.39 is 34.3 Å². The first-order valence-electron chi connectivity index (χ1n) is 12.9. The third kappa shape index (κ3) is 4.77. The van der Waals surface area contributed by atoms with Crippen LogP contribution < -0.4 is 0 Å². The Morgan fingerprint density at radius 1 is 0.561 bits per heavy atom. The van der Waals surface area contributed by atoms with E-state index in [9.17, 15) is 26.3 Å². The molecule has 0 saturated carbocycles. The largest absolute Gasteiger partial charge is 0.440 e. The first-order chi connectivity index (χ1) is 18.8. The number of aromatic nitrogens is 2. The van der Waals surface area contributed by atoms with Crippen LogP contribution in [0.5, 0.6) is 0 Å². The fourth-order valence-corrected chi connectivity index (χ4v) is 4.87. The summed E-state index contributed by atoms with van der Waals surface area (Å²) in [6.07, 6.45) is -11.5. The number of hydrogen-bond donors (Lipinski definition) is 0. The molecule has 0 amide bonds. The van der Waals surface area contributed by atoms with Crippen molar-refractivity contribution in [2.45, 2.75) is 70.1 Å². The summed E-state index contributed by atoms with van der Waals surface area (Å²) in [6.45, 7) is 11.4. The Bertz CT molecular complexity index is 1730. The van der Waals surface area contributed by atoms with Gasteiger partial charge in [0, 0.05) is 11.0 Å². The van der Waals surface area contributed by atoms with Crippen LogP contribution >= 0.6 is 0 Å². The molecule has 4 nitrogen and oxygen atoms in total. The molecule has 0 N–H and O–H groups in total. The van der Waals surface area contributed by atoms with Crippen molar-refractivity contribution < 1.29 is 35.2 Å². The van der Waals surface area contributed by atoms with Crippen molar-refractivity contribution in [2.24, 2.45) is 0 Å². The molecule has 10 heteroatoms. The second-order valence-corrected chi connectivity index (χ2v) is 12.2. The summed E-state index contributed by atoms with van der Waals surface area (Å²) in [4.78, 5) is 8.49. The maximum absolute atomic E-state index is 14.9. The van der Waals surface area contributed by atoms with Crippen LogP contribution in [0.1, 0.15) is 64.1 Å². The predicted molar refractivity (Wildman–Crippen MR) is 144 cm³/mol. The van der Waals surface area contributed by atoms with Crippen LogP contribution in [0.4, 0.5) is 26.3 Å². The van der Waals surface area contributed by atoms with E-state index >= 15 is 0 Å². The molecule has 0 aliphatic rings. The lowest BCUT2D eigenvalue weighted by molar-refractivity contribution is -0.288. The summed E-state index contributed by atoms with van der Waals surface area (Å²) in [6, 6.07) is 12.6. The van der Waals surface area contributed by atoms with Gasteiger partial charge in [-0.2, -0.15) is 26.3 Å². The molecule has 0 unspecified atom stereocenters. The average Bonchev–Trinajstić information content (AvgIpc) is 3.46. The first-order valence-corrected chi connectivity index (χ1v) is 12.9. The number of hydrogen-bond acceptors (Lipinski definition) is 4. The van der Waals surface area contributed by atoms with Crippen LogP contribution in [-0.2, 0) is 16.2 Å². The second kappa shape index (κ2) is 9.09. The minimum atomic E-state index is -5.77. The lowest BCUT2D eigenvalue weighted by atomic mass is 9.72. The number of nitrogens with zero attached hydrogens (tertiary/aromatic N) is 2. The van der Waals surface area contributed by atoms with Gasteiger partial charge in [-0.25, -0.2) is 9.97 Å². The maximum Gasteiger partial charge on any atom is 0.411 e. The van der Waals surface area contributed by atoms with Crippen molar-refractivity contribution in [3.05, 3.63) is 83.2 Å². The van der Waals surface area contributed by atoms with E-state index in [2.05, 4.69) is 9.97 Å². The molecule has 0 aliphatic heterocycles. The summed E-state index contributed by atoms with van der Waals surface area (Å²) >= 11 is 0. The number of oxazole rings is 2. The fourth-order valence-electron chi connectivity index (χ4n) is 4.87. The molecule has 41 heavy (non-hydrogen) atoms. The molecule has 0 bridgehead atoms. The highest BCUT2D eigenvalue weighted by atomic mass is 19.4. The summed E-state index contributed by atoms with van der Waals surface area (Å²) in [5.41, 5.74) is -5.80. The molecule has 3 aromatic carbocycles. The maximum atomic E-state index is 14.9. The average molecular weight is 575 g/mol. The van der Waals surface area contributed by atoms with Crippen LogP contribution in [0.15, 0.2) is 69.5 Å². The molecular weight excluding hydrogens is 546 g/mol. The molecule has 5 rings (SSSR count). The number of alkyl halides is 6. The minimum Gasteiger partial charge on any atom is -0.440 e. The fraction of sp³-hybridized carbons (Fsp3) is 0.355. The van der Waals surface area contributed by atoms with E-state index in [1.807, 2.05) is 32.9 Å². The van der Waals surface area contributed by atoms with Crippen LogP contribution in [-0.4, -0.2) is 22.3 Å². The van der Waals surface area contributed by atoms with Gasteiger partial charge in [-0.1, -0.05) is 65.8 Å². The van der Waals surface area contributed by atoms with Gasteiger partial charge in [0.15, 0.2) is 11.2 Å². The number of halogens is 6. The summed E-state index contributed by atoms with van der Waals surface area (Å²) < 4.78 is 101. The smallest absolute Gasteiger partial charge is 0.411 e. The molecule has 216 valence electrons. The summed E-state index contributed by atoms with van der Waals surface area (Å²) in [5, 5.41) is 0. The third-order valence-electron chi connectivity index (χ3n) is 7.11. The molecule has 2 aromatic heterocycles. The highest BCUT2D eigenvalue weighted by Gasteiger charge is 2.72. The third-order valence-corrected chi connectivity index (χ3v) is 7.11. The first kappa shape index (κ1) is 28.7. The van der Waals surface area contributed by atoms with E-state index in [1.54, 1.807) is 32.9 Å². The van der Waals surface area contributed by atoms with Gasteiger partial charge in [0.1, 0.15) is 11.0 Å². The minimum absolute atomic E-state index is 0.0601. The molecule has 0 fully saturated rings. The topological polar surface area (TPSA) is 52.1 Å². The van der Waals surface area contributed by atoms with Gasteiger partial charge in [0.05, 0.1) is 0 Å². The van der Waals surface area contributed by atoms with Crippen LogP contribution in [0, 0.1) is 0 Å². The highest BCUT2D eigenvalue weighted by Crippen LogP contribution is 2.57. The van der Waals surface area contributed by atoms with Crippen molar-refractivity contribution in [2.75, 3.05) is 0 Å². The molecule has 0 radical (unpaired) electrons. The van der Waals surface area contributed by atoms with Gasteiger partial charge >= 0.3 is 12.4 Å². The van der Waals surface area contributed by atoms with Crippen LogP contribution in [0.2, 0.25) is 0 Å². The van der Waals surface area contributed by atoms with Gasteiger partial charge in [-0.15, -0.1) is 0 Å². The van der Waals surface area contributed by atoms with Crippen molar-refractivity contribution in [3.63, 3.8) is 0 Å². The van der Waals surface area contributed by atoms with E-state index in [4.69, 9.17) is 8.83 Å². The molecule has 0 atom stereocenters. The number of rotatable bonds is 3. The quantitative estimate of drug-likeness (QED) is 0.201. The molecule has 0 saturated heterocycles. The van der Waals surface area contributed by atoms with Crippen molar-refractivity contribution in [3.8, 4) is 11.5 Å². The zero-order valence-electron chi connectivity index (χ0n) is 23.3. The van der Waals surface area contributed by atoms with Crippen molar-refractivity contribution in [1.29, 1.82) is 0 Å². The van der Waals surface area contributed by atoms with Crippen LogP contribution in [0.25, 0.3) is 33.7 Å². The Balaban J connectivity index is 1.71. The Hall–Kier alpha value is -3.82. The summed E-state index contributed by atoms with van der Waals surface area (Å²) in [5.74, 6) is 0.285. The van der Waals surface area contributed by atoms with Gasteiger partial charge in [0.2, 0.25) is 17.2 Å². The zero-order valence-corrected chi connectivity index (χ0v) is 23.3. The molecule has 0 aliphatic carbocycles. The van der Waals surface area contributed by atoms with E-state index in [-0.39, 0.29) is 39.4 Å². The Labute approximate surface area is 232 Å². The van der Waals surface area contributed by atoms with E-state index in [0.29, 0.717) is 5.56 Å². The molecule has 0 spiro atoms. The van der Waals surface area contributed by atoms with Gasteiger partial charge in [0.25, 0.3) is 0 Å². The van der Waals surface area contributed by atoms with Gasteiger partial charge in [-0.05, 0) is 58.5 Å². The Morgan fingerprint density at radius 3 is 1.61 bits per heavy atom.